The van der Waals surface area contributed by atoms with Crippen molar-refractivity contribution in [3.8, 4) is 11.8 Å². The molecule has 5 heteroatoms. The fourth-order valence-corrected chi connectivity index (χ4v) is 2.95. The van der Waals surface area contributed by atoms with Crippen molar-refractivity contribution >= 4 is 50.8 Å². The Labute approximate surface area is 148 Å². The number of nitrogens with zero attached hydrogens (tertiary/aromatic N) is 1. The van der Waals surface area contributed by atoms with Crippen molar-refractivity contribution in [2.75, 3.05) is 6.61 Å². The lowest BCUT2D eigenvalue weighted by atomic mass is 10.0. The summed E-state index contributed by atoms with van der Waals surface area (Å²) in [5, 5.41) is 10.4. The van der Waals surface area contributed by atoms with E-state index in [-0.39, 0.29) is 0 Å². The Morgan fingerprint density at radius 1 is 1.27 bits per heavy atom. The third kappa shape index (κ3) is 4.04. The molecule has 2 aromatic rings. The van der Waals surface area contributed by atoms with Crippen LogP contribution in [0.4, 0.5) is 0 Å². The zero-order chi connectivity index (χ0) is 16.1. The average molecular weight is 397 g/mol. The number of nitriles is 1. The van der Waals surface area contributed by atoms with E-state index in [9.17, 15) is 5.26 Å². The molecule has 0 radical (unpaired) electrons. The van der Waals surface area contributed by atoms with Crippen molar-refractivity contribution < 1.29 is 4.74 Å². The number of hydrogen-bond donors (Lipinski definition) is 0. The Kier molecular flexibility index (Phi) is 5.90. The molecule has 0 amide bonds. The topological polar surface area (TPSA) is 33.0 Å². The maximum Gasteiger partial charge on any atom is 0.133 e. The predicted octanol–water partition coefficient (Wildman–Crippen LogP) is 6.22. The number of benzene rings is 2. The second-order valence-corrected chi connectivity index (χ2v) is 6.11. The monoisotopic (exact) mass is 395 g/mol. The molecule has 0 aromatic heterocycles. The van der Waals surface area contributed by atoms with Gasteiger partial charge in [-0.05, 0) is 58.8 Å². The largest absolute Gasteiger partial charge is 0.493 e. The zero-order valence-electron chi connectivity index (χ0n) is 11.7. The molecule has 0 bridgehead atoms. The van der Waals surface area contributed by atoms with Gasteiger partial charge in [0.15, 0.2) is 0 Å². The Morgan fingerprint density at radius 2 is 2.05 bits per heavy atom. The smallest absolute Gasteiger partial charge is 0.133 e. The highest BCUT2D eigenvalue weighted by Crippen LogP contribution is 2.30. The van der Waals surface area contributed by atoms with Crippen molar-refractivity contribution in [2.24, 2.45) is 0 Å². The molecule has 0 unspecified atom stereocenters. The summed E-state index contributed by atoms with van der Waals surface area (Å²) < 4.78 is 6.31. The lowest BCUT2D eigenvalue weighted by Gasteiger charge is -2.07. The molecule has 0 N–H and O–H groups in total. The second kappa shape index (κ2) is 7.69. The Bertz CT molecular complexity index is 766. The minimum absolute atomic E-state index is 0.449. The molecule has 0 heterocycles. The SMILES string of the molecule is CCOc1ccc(/C=C(\C#N)c2ccc(Cl)cc2Cl)cc1Br. The van der Waals surface area contributed by atoms with Crippen LogP contribution in [0.5, 0.6) is 5.75 Å². The number of allylic oxidation sites excluding steroid dienone is 1. The minimum atomic E-state index is 0.449. The number of rotatable bonds is 4. The van der Waals surface area contributed by atoms with E-state index in [4.69, 9.17) is 27.9 Å². The zero-order valence-corrected chi connectivity index (χ0v) is 14.8. The van der Waals surface area contributed by atoms with Crippen LogP contribution in [0.25, 0.3) is 11.6 Å². The van der Waals surface area contributed by atoms with Crippen molar-refractivity contribution in [3.05, 3.63) is 62.0 Å². The van der Waals surface area contributed by atoms with Crippen molar-refractivity contribution in [2.45, 2.75) is 6.92 Å². The van der Waals surface area contributed by atoms with Crippen LogP contribution in [0, 0.1) is 11.3 Å². The molecule has 0 aliphatic heterocycles. The summed E-state index contributed by atoms with van der Waals surface area (Å²) in [5.74, 6) is 0.766. The van der Waals surface area contributed by atoms with E-state index in [2.05, 4.69) is 22.0 Å². The van der Waals surface area contributed by atoms with Crippen LogP contribution in [0.3, 0.4) is 0 Å². The van der Waals surface area contributed by atoms with Gasteiger partial charge in [0.25, 0.3) is 0 Å². The fraction of sp³-hybridized carbons (Fsp3) is 0.118. The third-order valence-electron chi connectivity index (χ3n) is 2.91. The van der Waals surface area contributed by atoms with Crippen LogP contribution in [0.15, 0.2) is 40.9 Å². The minimum Gasteiger partial charge on any atom is -0.493 e. The normalized spacial score (nSPS) is 11.1. The first-order valence-corrected chi connectivity index (χ1v) is 8.09. The quantitative estimate of drug-likeness (QED) is 0.454. The molecular formula is C17H12BrCl2NO. The Balaban J connectivity index is 2.41. The predicted molar refractivity (Wildman–Crippen MR) is 95.3 cm³/mol. The summed E-state index contributed by atoms with van der Waals surface area (Å²) in [4.78, 5) is 0. The highest BCUT2D eigenvalue weighted by molar-refractivity contribution is 9.10. The molecule has 0 aliphatic rings. The molecule has 0 atom stereocenters. The third-order valence-corrected chi connectivity index (χ3v) is 4.08. The van der Waals surface area contributed by atoms with E-state index in [1.807, 2.05) is 25.1 Å². The van der Waals surface area contributed by atoms with E-state index in [0.29, 0.717) is 27.8 Å². The van der Waals surface area contributed by atoms with Crippen LogP contribution in [-0.4, -0.2) is 6.61 Å². The van der Waals surface area contributed by atoms with Crippen LogP contribution >= 0.6 is 39.1 Å². The molecule has 2 rings (SSSR count). The van der Waals surface area contributed by atoms with Gasteiger partial charge in [0.05, 0.1) is 27.7 Å². The van der Waals surface area contributed by atoms with Crippen molar-refractivity contribution in [1.82, 2.24) is 0 Å². The summed E-state index contributed by atoms with van der Waals surface area (Å²) in [6.07, 6.45) is 1.77. The van der Waals surface area contributed by atoms with E-state index in [1.165, 1.54) is 0 Å². The molecule has 112 valence electrons. The molecule has 0 saturated heterocycles. The number of hydrogen-bond acceptors (Lipinski definition) is 2. The first-order valence-electron chi connectivity index (χ1n) is 6.54. The number of ether oxygens (including phenoxy) is 1. The summed E-state index contributed by atoms with van der Waals surface area (Å²) in [7, 11) is 0. The summed E-state index contributed by atoms with van der Waals surface area (Å²) in [6.45, 7) is 2.52. The molecule has 2 nitrogen and oxygen atoms in total. The molecule has 22 heavy (non-hydrogen) atoms. The summed E-state index contributed by atoms with van der Waals surface area (Å²) >= 11 is 15.5. The lowest BCUT2D eigenvalue weighted by molar-refractivity contribution is 0.338. The molecule has 0 aliphatic carbocycles. The van der Waals surface area contributed by atoms with Gasteiger partial charge < -0.3 is 4.74 Å². The molecule has 0 saturated carbocycles. The second-order valence-electron chi connectivity index (χ2n) is 4.42. The summed E-state index contributed by atoms with van der Waals surface area (Å²) in [6, 6.07) is 12.9. The van der Waals surface area contributed by atoms with Crippen molar-refractivity contribution in [3.63, 3.8) is 0 Å². The highest BCUT2D eigenvalue weighted by atomic mass is 79.9. The number of halogens is 3. The van der Waals surface area contributed by atoms with Crippen LogP contribution in [0.2, 0.25) is 10.0 Å². The van der Waals surface area contributed by atoms with E-state index in [0.717, 1.165) is 15.8 Å². The van der Waals surface area contributed by atoms with E-state index >= 15 is 0 Å². The van der Waals surface area contributed by atoms with Gasteiger partial charge in [0, 0.05) is 10.6 Å². The molecular weight excluding hydrogens is 385 g/mol. The van der Waals surface area contributed by atoms with Gasteiger partial charge in [0.2, 0.25) is 0 Å². The van der Waals surface area contributed by atoms with Crippen molar-refractivity contribution in [1.29, 1.82) is 5.26 Å². The van der Waals surface area contributed by atoms with Crippen LogP contribution in [0.1, 0.15) is 18.1 Å². The van der Waals surface area contributed by atoms with E-state index in [1.54, 1.807) is 24.3 Å². The van der Waals surface area contributed by atoms with Gasteiger partial charge in [-0.3, -0.25) is 0 Å². The van der Waals surface area contributed by atoms with Gasteiger partial charge in [-0.1, -0.05) is 35.3 Å². The Morgan fingerprint density at radius 3 is 2.64 bits per heavy atom. The lowest BCUT2D eigenvalue weighted by Crippen LogP contribution is -1.92. The maximum absolute atomic E-state index is 9.40. The summed E-state index contributed by atoms with van der Waals surface area (Å²) in [5.41, 5.74) is 1.99. The van der Waals surface area contributed by atoms with E-state index < -0.39 is 0 Å². The van der Waals surface area contributed by atoms with Gasteiger partial charge in [0.1, 0.15) is 5.75 Å². The fourth-order valence-electron chi connectivity index (χ4n) is 1.92. The maximum atomic E-state index is 9.40. The van der Waals surface area contributed by atoms with Crippen LogP contribution in [-0.2, 0) is 0 Å². The molecule has 2 aromatic carbocycles. The van der Waals surface area contributed by atoms with Gasteiger partial charge >= 0.3 is 0 Å². The molecule has 0 fully saturated rings. The standard InChI is InChI=1S/C17H12BrCl2NO/c1-2-22-17-6-3-11(8-15(17)18)7-12(10-21)14-5-4-13(19)9-16(14)20/h3-9H,2H2,1H3/b12-7+. The first kappa shape index (κ1) is 16.9. The van der Waals surface area contributed by atoms with Crippen LogP contribution < -0.4 is 4.74 Å². The first-order chi connectivity index (χ1) is 10.5. The highest BCUT2D eigenvalue weighted by Gasteiger charge is 2.08. The molecule has 0 spiro atoms. The Hall–Kier alpha value is -1.47. The van der Waals surface area contributed by atoms with Gasteiger partial charge in [-0.25, -0.2) is 0 Å². The van der Waals surface area contributed by atoms with Gasteiger partial charge in [-0.15, -0.1) is 0 Å². The van der Waals surface area contributed by atoms with Gasteiger partial charge in [-0.2, -0.15) is 5.26 Å². The average Bonchev–Trinajstić information content (AvgIpc) is 2.48.